The highest BCUT2D eigenvalue weighted by Gasteiger charge is 1.93. The average Bonchev–Trinajstić information content (AvgIpc) is 2.47. The van der Waals surface area contributed by atoms with Crippen LogP contribution in [0.2, 0.25) is 0 Å². The largest absolute Gasteiger partial charge is 0.160 e. The molecule has 0 fully saturated rings. The number of hydrogen-bond donors (Lipinski definition) is 0. The molecule has 0 aromatic rings. The first-order valence-electron chi connectivity index (χ1n) is 9.21. The van der Waals surface area contributed by atoms with E-state index in [0.29, 0.717) is 0 Å². The van der Waals surface area contributed by atoms with Gasteiger partial charge < -0.3 is 0 Å². The highest BCUT2D eigenvalue weighted by atomic mass is 14.5. The first kappa shape index (κ1) is 19.5. The molecule has 0 unspecified atom stereocenters. The van der Waals surface area contributed by atoms with Gasteiger partial charge in [-0.25, -0.2) is 0 Å². The molecule has 0 aliphatic carbocycles. The Hall–Kier alpha value is -0.460. The third kappa shape index (κ3) is 17.5. The first-order valence-corrected chi connectivity index (χ1v) is 9.21. The highest BCUT2D eigenvalue weighted by Crippen LogP contribution is 2.13. The summed E-state index contributed by atoms with van der Waals surface area (Å²) >= 11 is 0. The van der Waals surface area contributed by atoms with Crippen LogP contribution in [0.4, 0.5) is 0 Å². The van der Waals surface area contributed by atoms with E-state index in [9.17, 15) is 0 Å². The second kappa shape index (κ2) is 18.5. The van der Waals surface area contributed by atoms with Crippen molar-refractivity contribution < 1.29 is 0 Å². The van der Waals surface area contributed by atoms with Gasteiger partial charge in [0.05, 0.1) is 0 Å². The number of allylic oxidation sites excluding steroid dienone is 1. The Balaban J connectivity index is 2.92. The third-order valence-corrected chi connectivity index (χ3v) is 4.08. The summed E-state index contributed by atoms with van der Waals surface area (Å²) in [7, 11) is 0. The Kier molecular flexibility index (Phi) is 18.1. The fourth-order valence-corrected chi connectivity index (χ4v) is 2.71. The van der Waals surface area contributed by atoms with E-state index >= 15 is 0 Å². The predicted molar refractivity (Wildman–Crippen MR) is 90.8 cm³/mol. The standard InChI is InChI=1S/C19H37N/c1-2-3-4-5-6-7-8-9-10-11-12-13-14-15-16-17-18-19-20/h18-19H,2-17H2,1H3. The molecule has 20 heavy (non-hydrogen) atoms. The molecule has 0 bridgehead atoms. The molecule has 0 amide bonds. The summed E-state index contributed by atoms with van der Waals surface area (Å²) in [6.45, 7) is 2.28. The van der Waals surface area contributed by atoms with E-state index in [2.05, 4.69) is 6.92 Å². The molecule has 0 aliphatic rings. The van der Waals surface area contributed by atoms with Crippen LogP contribution in [-0.4, -0.2) is 0 Å². The monoisotopic (exact) mass is 279 g/mol. The maximum atomic E-state index is 8.50. The van der Waals surface area contributed by atoms with Crippen LogP contribution in [0.15, 0.2) is 12.3 Å². The lowest BCUT2D eigenvalue weighted by molar-refractivity contribution is 0.533. The van der Waals surface area contributed by atoms with Gasteiger partial charge >= 0.3 is 0 Å². The number of hydrogen-bond acceptors (Lipinski definition) is 0. The molecular weight excluding hydrogens is 242 g/mol. The summed E-state index contributed by atoms with van der Waals surface area (Å²) < 4.78 is 0. The van der Waals surface area contributed by atoms with Crippen molar-refractivity contribution in [2.75, 3.05) is 0 Å². The lowest BCUT2D eigenvalue weighted by Gasteiger charge is -2.03. The molecule has 0 saturated heterocycles. The SMILES string of the molecule is CCCCCCCCCCCCCCCCCC=C[N]. The minimum absolute atomic E-state index is 1.04. The average molecular weight is 280 g/mol. The summed E-state index contributed by atoms with van der Waals surface area (Å²) in [5.74, 6) is 0. The molecule has 0 aliphatic heterocycles. The van der Waals surface area contributed by atoms with Gasteiger partial charge in [0, 0.05) is 6.20 Å². The summed E-state index contributed by atoms with van der Waals surface area (Å²) in [5.41, 5.74) is 8.50. The molecule has 0 spiro atoms. The van der Waals surface area contributed by atoms with Crippen molar-refractivity contribution in [3.8, 4) is 0 Å². The molecule has 0 aromatic heterocycles. The summed E-state index contributed by atoms with van der Waals surface area (Å²) in [6, 6.07) is 0. The van der Waals surface area contributed by atoms with E-state index < -0.39 is 0 Å². The van der Waals surface area contributed by atoms with E-state index in [1.54, 1.807) is 0 Å². The second-order valence-electron chi connectivity index (χ2n) is 6.12. The highest BCUT2D eigenvalue weighted by molar-refractivity contribution is 4.74. The molecule has 0 N–H and O–H groups in total. The van der Waals surface area contributed by atoms with E-state index in [-0.39, 0.29) is 0 Å². The number of nitrogens with zero attached hydrogens (tertiary/aromatic N) is 1. The molecular formula is C19H37N. The van der Waals surface area contributed by atoms with Gasteiger partial charge in [-0.2, -0.15) is 5.73 Å². The maximum absolute atomic E-state index is 8.50. The summed E-state index contributed by atoms with van der Waals surface area (Å²) in [6.07, 6.45) is 25.2. The molecule has 1 heteroatoms. The van der Waals surface area contributed by atoms with Crippen LogP contribution in [-0.2, 0) is 0 Å². The Morgan fingerprint density at radius 3 is 1.25 bits per heavy atom. The van der Waals surface area contributed by atoms with Gasteiger partial charge in [-0.1, -0.05) is 103 Å². The molecule has 0 saturated carbocycles. The minimum atomic E-state index is 1.04. The Labute approximate surface area is 128 Å². The van der Waals surface area contributed by atoms with Gasteiger partial charge in [0.25, 0.3) is 0 Å². The molecule has 0 atom stereocenters. The zero-order chi connectivity index (χ0) is 14.7. The number of rotatable bonds is 16. The fourth-order valence-electron chi connectivity index (χ4n) is 2.71. The molecule has 1 nitrogen and oxygen atoms in total. The van der Waals surface area contributed by atoms with Gasteiger partial charge in [-0.15, -0.1) is 0 Å². The van der Waals surface area contributed by atoms with E-state index in [1.165, 1.54) is 103 Å². The lowest BCUT2D eigenvalue weighted by Crippen LogP contribution is -1.83. The summed E-state index contributed by atoms with van der Waals surface area (Å²) in [4.78, 5) is 0. The van der Waals surface area contributed by atoms with Crippen LogP contribution in [0.3, 0.4) is 0 Å². The van der Waals surface area contributed by atoms with Crippen LogP contribution in [0.1, 0.15) is 110 Å². The lowest BCUT2D eigenvalue weighted by atomic mass is 10.0. The smallest absolute Gasteiger partial charge is 0.0455 e. The van der Waals surface area contributed by atoms with Gasteiger partial charge in [-0.05, 0) is 12.8 Å². The van der Waals surface area contributed by atoms with Crippen LogP contribution < -0.4 is 5.73 Å². The van der Waals surface area contributed by atoms with Gasteiger partial charge in [0.1, 0.15) is 0 Å². The molecule has 0 aromatic carbocycles. The molecule has 118 valence electrons. The first-order chi connectivity index (χ1) is 9.91. The van der Waals surface area contributed by atoms with Crippen molar-refractivity contribution in [2.24, 2.45) is 0 Å². The molecule has 0 rings (SSSR count). The van der Waals surface area contributed by atoms with Crippen molar-refractivity contribution in [1.29, 1.82) is 0 Å². The second-order valence-corrected chi connectivity index (χ2v) is 6.12. The third-order valence-electron chi connectivity index (χ3n) is 4.08. The van der Waals surface area contributed by atoms with Crippen molar-refractivity contribution in [1.82, 2.24) is 5.73 Å². The van der Waals surface area contributed by atoms with Gasteiger partial charge in [-0.3, -0.25) is 0 Å². The van der Waals surface area contributed by atoms with Gasteiger partial charge in [0.15, 0.2) is 0 Å². The predicted octanol–water partition coefficient (Wildman–Crippen LogP) is 6.83. The van der Waals surface area contributed by atoms with Crippen LogP contribution in [0.25, 0.3) is 0 Å². The van der Waals surface area contributed by atoms with Gasteiger partial charge in [0.2, 0.25) is 0 Å². The van der Waals surface area contributed by atoms with Crippen LogP contribution in [0.5, 0.6) is 0 Å². The topological polar surface area (TPSA) is 22.3 Å². The Morgan fingerprint density at radius 2 is 0.900 bits per heavy atom. The molecule has 0 heterocycles. The van der Waals surface area contributed by atoms with Crippen molar-refractivity contribution in [3.05, 3.63) is 12.3 Å². The van der Waals surface area contributed by atoms with Crippen molar-refractivity contribution >= 4 is 0 Å². The number of unbranched alkanes of at least 4 members (excludes halogenated alkanes) is 15. The van der Waals surface area contributed by atoms with Crippen LogP contribution >= 0.6 is 0 Å². The Bertz CT molecular complexity index is 186. The van der Waals surface area contributed by atoms with Crippen LogP contribution in [0, 0.1) is 0 Å². The van der Waals surface area contributed by atoms with E-state index in [0.717, 1.165) is 6.42 Å². The van der Waals surface area contributed by atoms with E-state index in [1.807, 2.05) is 6.08 Å². The minimum Gasteiger partial charge on any atom is -0.160 e. The van der Waals surface area contributed by atoms with Crippen molar-refractivity contribution in [2.45, 2.75) is 110 Å². The molecule has 2 radical (unpaired) electrons. The zero-order valence-corrected chi connectivity index (χ0v) is 13.9. The van der Waals surface area contributed by atoms with E-state index in [4.69, 9.17) is 5.73 Å². The summed E-state index contributed by atoms with van der Waals surface area (Å²) in [5, 5.41) is 0. The fraction of sp³-hybridized carbons (Fsp3) is 0.895. The Morgan fingerprint density at radius 1 is 0.550 bits per heavy atom. The normalized spacial score (nSPS) is 11.4. The zero-order valence-electron chi connectivity index (χ0n) is 13.9. The van der Waals surface area contributed by atoms with Crippen molar-refractivity contribution in [3.63, 3.8) is 0 Å². The maximum Gasteiger partial charge on any atom is 0.0455 e. The quantitative estimate of drug-likeness (QED) is 0.276.